The number of rotatable bonds is 2. The maximum atomic E-state index is 11.7. The summed E-state index contributed by atoms with van der Waals surface area (Å²) in [5.41, 5.74) is 0.203. The third-order valence-electron chi connectivity index (χ3n) is 2.32. The van der Waals surface area contributed by atoms with Crippen molar-refractivity contribution in [1.82, 2.24) is 0 Å². The Bertz CT molecular complexity index is 248. The third-order valence-corrected chi connectivity index (χ3v) is 2.32. The highest BCUT2D eigenvalue weighted by Gasteiger charge is 2.31. The minimum atomic E-state index is -0.935. The summed E-state index contributed by atoms with van der Waals surface area (Å²) >= 11 is 0. The Hall–Kier alpha value is -0.830. The lowest BCUT2D eigenvalue weighted by Crippen LogP contribution is -2.35. The number of aliphatic hydroxyl groups excluding tert-OH is 1. The third kappa shape index (κ3) is 2.58. The van der Waals surface area contributed by atoms with E-state index in [1.165, 1.54) is 6.26 Å². The van der Waals surface area contributed by atoms with Gasteiger partial charge in [-0.3, -0.25) is 4.79 Å². The molecule has 0 aromatic carbocycles. The van der Waals surface area contributed by atoms with Crippen molar-refractivity contribution in [3.63, 3.8) is 0 Å². The number of carbonyl (C=O) groups excluding carboxylic acids is 1. The second-order valence-corrected chi connectivity index (χ2v) is 4.75. The molecule has 14 heavy (non-hydrogen) atoms. The molecule has 0 spiro atoms. The van der Waals surface area contributed by atoms with Gasteiger partial charge in [-0.25, -0.2) is 0 Å². The SMILES string of the molecule is CC(C)(C)C(O)C(=O)C1=COCCC1. The summed E-state index contributed by atoms with van der Waals surface area (Å²) in [5.74, 6) is -0.197. The Balaban J connectivity index is 2.69. The van der Waals surface area contributed by atoms with Crippen LogP contribution in [-0.4, -0.2) is 23.6 Å². The summed E-state index contributed by atoms with van der Waals surface area (Å²) in [7, 11) is 0. The Morgan fingerprint density at radius 3 is 2.64 bits per heavy atom. The minimum Gasteiger partial charge on any atom is -0.501 e. The molecule has 1 atom stereocenters. The molecule has 1 unspecified atom stereocenters. The second-order valence-electron chi connectivity index (χ2n) is 4.75. The van der Waals surface area contributed by atoms with Gasteiger partial charge in [0.15, 0.2) is 5.78 Å². The number of Topliss-reactive ketones (excluding diaryl/α,β-unsaturated/α-hetero) is 1. The van der Waals surface area contributed by atoms with Crippen LogP contribution in [0.3, 0.4) is 0 Å². The maximum Gasteiger partial charge on any atom is 0.190 e. The van der Waals surface area contributed by atoms with Crippen LogP contribution in [0.2, 0.25) is 0 Å². The second kappa shape index (κ2) is 4.13. The molecular formula is C11H18O3. The molecule has 0 aromatic heterocycles. The highest BCUT2D eigenvalue weighted by molar-refractivity contribution is 5.98. The van der Waals surface area contributed by atoms with E-state index < -0.39 is 11.5 Å². The van der Waals surface area contributed by atoms with E-state index in [4.69, 9.17) is 4.74 Å². The molecule has 1 heterocycles. The van der Waals surface area contributed by atoms with Crippen molar-refractivity contribution in [3.8, 4) is 0 Å². The number of hydrogen-bond acceptors (Lipinski definition) is 3. The molecule has 0 amide bonds. The van der Waals surface area contributed by atoms with Gasteiger partial charge in [0.25, 0.3) is 0 Å². The van der Waals surface area contributed by atoms with Crippen LogP contribution in [0.25, 0.3) is 0 Å². The summed E-state index contributed by atoms with van der Waals surface area (Å²) in [5, 5.41) is 9.76. The molecule has 0 aromatic rings. The van der Waals surface area contributed by atoms with Gasteiger partial charge in [0, 0.05) is 5.57 Å². The maximum absolute atomic E-state index is 11.7. The summed E-state index contributed by atoms with van der Waals surface area (Å²) in [4.78, 5) is 11.7. The fraction of sp³-hybridized carbons (Fsp3) is 0.727. The summed E-state index contributed by atoms with van der Waals surface area (Å²) in [6, 6.07) is 0. The van der Waals surface area contributed by atoms with E-state index in [-0.39, 0.29) is 5.78 Å². The Labute approximate surface area is 84.8 Å². The van der Waals surface area contributed by atoms with Crippen molar-refractivity contribution < 1.29 is 14.6 Å². The first-order valence-corrected chi connectivity index (χ1v) is 4.96. The highest BCUT2D eigenvalue weighted by Crippen LogP contribution is 2.24. The standard InChI is InChI=1S/C11H18O3/c1-11(2,3)10(13)9(12)8-5-4-6-14-7-8/h7,10,13H,4-6H2,1-3H3. The van der Waals surface area contributed by atoms with Crippen LogP contribution in [0.1, 0.15) is 33.6 Å². The molecule has 0 aliphatic carbocycles. The number of ether oxygens (including phenoxy) is 1. The number of hydrogen-bond donors (Lipinski definition) is 1. The quantitative estimate of drug-likeness (QED) is 0.734. The molecular weight excluding hydrogens is 180 g/mol. The first-order valence-electron chi connectivity index (χ1n) is 4.96. The zero-order chi connectivity index (χ0) is 10.8. The molecule has 0 fully saturated rings. The van der Waals surface area contributed by atoms with Crippen molar-refractivity contribution in [2.75, 3.05) is 6.61 Å². The van der Waals surface area contributed by atoms with Crippen LogP contribution in [0, 0.1) is 5.41 Å². The number of aliphatic hydroxyl groups is 1. The summed E-state index contributed by atoms with van der Waals surface area (Å²) in [6.45, 7) is 6.21. The smallest absolute Gasteiger partial charge is 0.190 e. The molecule has 3 nitrogen and oxygen atoms in total. The van der Waals surface area contributed by atoms with E-state index in [2.05, 4.69) is 0 Å². The molecule has 80 valence electrons. The Morgan fingerprint density at radius 1 is 1.57 bits per heavy atom. The molecule has 0 saturated carbocycles. The molecule has 1 rings (SSSR count). The summed E-state index contributed by atoms with van der Waals surface area (Å²) < 4.78 is 5.07. The van der Waals surface area contributed by atoms with E-state index >= 15 is 0 Å². The van der Waals surface area contributed by atoms with Crippen molar-refractivity contribution in [2.24, 2.45) is 5.41 Å². The Morgan fingerprint density at radius 2 is 2.21 bits per heavy atom. The largest absolute Gasteiger partial charge is 0.501 e. The molecule has 3 heteroatoms. The van der Waals surface area contributed by atoms with Crippen molar-refractivity contribution in [3.05, 3.63) is 11.8 Å². The molecule has 1 aliphatic rings. The average molecular weight is 198 g/mol. The van der Waals surface area contributed by atoms with E-state index in [1.807, 2.05) is 20.8 Å². The highest BCUT2D eigenvalue weighted by atomic mass is 16.5. The molecule has 0 radical (unpaired) electrons. The van der Waals surface area contributed by atoms with Gasteiger partial charge in [-0.05, 0) is 18.3 Å². The van der Waals surface area contributed by atoms with E-state index in [0.29, 0.717) is 18.6 Å². The van der Waals surface area contributed by atoms with Gasteiger partial charge in [0.1, 0.15) is 6.10 Å². The van der Waals surface area contributed by atoms with Crippen molar-refractivity contribution in [2.45, 2.75) is 39.7 Å². The fourth-order valence-corrected chi connectivity index (χ4v) is 1.31. The predicted molar refractivity (Wildman–Crippen MR) is 53.7 cm³/mol. The topological polar surface area (TPSA) is 46.5 Å². The van der Waals surface area contributed by atoms with Gasteiger partial charge in [-0.15, -0.1) is 0 Å². The van der Waals surface area contributed by atoms with E-state index in [0.717, 1.165) is 6.42 Å². The zero-order valence-corrected chi connectivity index (χ0v) is 9.04. The van der Waals surface area contributed by atoms with E-state index in [1.54, 1.807) is 0 Å². The van der Waals surface area contributed by atoms with E-state index in [9.17, 15) is 9.90 Å². The lowest BCUT2D eigenvalue weighted by atomic mass is 9.84. The normalized spacial score (nSPS) is 19.6. The molecule has 0 saturated heterocycles. The minimum absolute atomic E-state index is 0.197. The summed E-state index contributed by atoms with van der Waals surface area (Å²) in [6.07, 6.45) is 2.12. The van der Waals surface area contributed by atoms with Crippen LogP contribution >= 0.6 is 0 Å². The van der Waals surface area contributed by atoms with Crippen LogP contribution in [0.5, 0.6) is 0 Å². The average Bonchev–Trinajstić information content (AvgIpc) is 2.15. The van der Waals surface area contributed by atoms with Gasteiger partial charge in [-0.1, -0.05) is 20.8 Å². The molecule has 1 N–H and O–H groups in total. The molecule has 1 aliphatic heterocycles. The number of ketones is 1. The zero-order valence-electron chi connectivity index (χ0n) is 9.04. The van der Waals surface area contributed by atoms with Gasteiger partial charge in [0.05, 0.1) is 12.9 Å². The Kier molecular flexibility index (Phi) is 3.32. The van der Waals surface area contributed by atoms with Crippen molar-refractivity contribution in [1.29, 1.82) is 0 Å². The van der Waals surface area contributed by atoms with Gasteiger partial charge in [0.2, 0.25) is 0 Å². The monoisotopic (exact) mass is 198 g/mol. The lowest BCUT2D eigenvalue weighted by molar-refractivity contribution is -0.128. The first kappa shape index (κ1) is 11.2. The van der Waals surface area contributed by atoms with Crippen LogP contribution in [0.15, 0.2) is 11.8 Å². The van der Waals surface area contributed by atoms with Gasteiger partial charge >= 0.3 is 0 Å². The lowest BCUT2D eigenvalue weighted by Gasteiger charge is -2.26. The first-order chi connectivity index (χ1) is 6.43. The van der Waals surface area contributed by atoms with Crippen LogP contribution in [0.4, 0.5) is 0 Å². The van der Waals surface area contributed by atoms with Crippen LogP contribution in [-0.2, 0) is 9.53 Å². The number of carbonyl (C=O) groups is 1. The molecule has 0 bridgehead atoms. The predicted octanol–water partition coefficient (Wildman–Crippen LogP) is 1.66. The van der Waals surface area contributed by atoms with Gasteiger partial charge in [-0.2, -0.15) is 0 Å². The van der Waals surface area contributed by atoms with Gasteiger partial charge < -0.3 is 9.84 Å². The fourth-order valence-electron chi connectivity index (χ4n) is 1.31. The van der Waals surface area contributed by atoms with Crippen LogP contribution < -0.4 is 0 Å². The van der Waals surface area contributed by atoms with Crippen molar-refractivity contribution >= 4 is 5.78 Å².